The molecular formula is C14H18FN3O2. The normalized spacial score (nSPS) is 10.8. The van der Waals surface area contributed by atoms with Crippen LogP contribution in [0.1, 0.15) is 30.6 Å². The predicted molar refractivity (Wildman–Crippen MR) is 71.8 cm³/mol. The third kappa shape index (κ3) is 3.77. The lowest BCUT2D eigenvalue weighted by Crippen LogP contribution is -2.06. The quantitative estimate of drug-likeness (QED) is 0.841. The maximum atomic E-state index is 13.2. The Morgan fingerprint density at radius 2 is 2.20 bits per heavy atom. The first-order valence-corrected chi connectivity index (χ1v) is 6.65. The molecule has 108 valence electrons. The lowest BCUT2D eigenvalue weighted by molar-refractivity contribution is 0.282. The average molecular weight is 279 g/mol. The van der Waals surface area contributed by atoms with Crippen LogP contribution < -0.4 is 10.5 Å². The topological polar surface area (TPSA) is 74.2 Å². The number of rotatable bonds is 7. The van der Waals surface area contributed by atoms with Crippen molar-refractivity contribution >= 4 is 0 Å². The first-order chi connectivity index (χ1) is 9.72. The molecule has 0 fully saturated rings. The SMILES string of the molecule is CCCc1nc(COc2ccc(F)cc2CCN)no1. The molecule has 0 amide bonds. The molecule has 0 spiro atoms. The molecule has 1 aromatic heterocycles. The van der Waals surface area contributed by atoms with Gasteiger partial charge in [0.2, 0.25) is 11.7 Å². The van der Waals surface area contributed by atoms with Crippen LogP contribution in [0.5, 0.6) is 5.75 Å². The Morgan fingerprint density at radius 1 is 1.35 bits per heavy atom. The third-order valence-electron chi connectivity index (χ3n) is 2.77. The number of nitrogens with zero attached hydrogens (tertiary/aromatic N) is 2. The van der Waals surface area contributed by atoms with E-state index in [0.29, 0.717) is 30.4 Å². The second-order valence-electron chi connectivity index (χ2n) is 4.43. The fourth-order valence-corrected chi connectivity index (χ4v) is 1.85. The molecule has 1 aromatic carbocycles. The van der Waals surface area contributed by atoms with Crippen molar-refractivity contribution < 1.29 is 13.7 Å². The highest BCUT2D eigenvalue weighted by molar-refractivity contribution is 5.34. The lowest BCUT2D eigenvalue weighted by atomic mass is 10.1. The summed E-state index contributed by atoms with van der Waals surface area (Å²) in [5.41, 5.74) is 6.25. The standard InChI is InChI=1S/C14H18FN3O2/c1-2-3-14-17-13(18-20-14)9-19-12-5-4-11(15)8-10(12)6-7-16/h4-5,8H,2-3,6-7,9,16H2,1H3. The van der Waals surface area contributed by atoms with Crippen molar-refractivity contribution in [2.24, 2.45) is 5.73 Å². The largest absolute Gasteiger partial charge is 0.485 e. The lowest BCUT2D eigenvalue weighted by Gasteiger charge is -2.09. The molecule has 2 N–H and O–H groups in total. The number of halogens is 1. The second kappa shape index (κ2) is 7.00. The van der Waals surface area contributed by atoms with Crippen LogP contribution >= 0.6 is 0 Å². The molecule has 6 heteroatoms. The van der Waals surface area contributed by atoms with E-state index in [9.17, 15) is 4.39 Å². The van der Waals surface area contributed by atoms with Crippen molar-refractivity contribution in [3.05, 3.63) is 41.3 Å². The Morgan fingerprint density at radius 3 is 2.95 bits per heavy atom. The van der Waals surface area contributed by atoms with E-state index in [2.05, 4.69) is 10.1 Å². The molecule has 0 aliphatic carbocycles. The van der Waals surface area contributed by atoms with Crippen LogP contribution in [0.25, 0.3) is 0 Å². The molecule has 5 nitrogen and oxygen atoms in total. The van der Waals surface area contributed by atoms with Crippen LogP contribution in [0, 0.1) is 5.82 Å². The smallest absolute Gasteiger partial charge is 0.226 e. The van der Waals surface area contributed by atoms with Crippen LogP contribution in [0.3, 0.4) is 0 Å². The van der Waals surface area contributed by atoms with E-state index in [0.717, 1.165) is 18.4 Å². The van der Waals surface area contributed by atoms with Crippen LogP contribution in [0.2, 0.25) is 0 Å². The summed E-state index contributed by atoms with van der Waals surface area (Å²) in [6.07, 6.45) is 2.25. The van der Waals surface area contributed by atoms with Crippen LogP contribution in [-0.4, -0.2) is 16.7 Å². The van der Waals surface area contributed by atoms with Gasteiger partial charge in [-0.1, -0.05) is 12.1 Å². The molecule has 0 saturated heterocycles. The van der Waals surface area contributed by atoms with E-state index in [4.69, 9.17) is 15.0 Å². The zero-order valence-electron chi connectivity index (χ0n) is 11.4. The van der Waals surface area contributed by atoms with Gasteiger partial charge in [0.15, 0.2) is 6.61 Å². The van der Waals surface area contributed by atoms with Crippen molar-refractivity contribution in [1.82, 2.24) is 10.1 Å². The maximum absolute atomic E-state index is 13.2. The summed E-state index contributed by atoms with van der Waals surface area (Å²) < 4.78 is 23.9. The first-order valence-electron chi connectivity index (χ1n) is 6.65. The average Bonchev–Trinajstić information content (AvgIpc) is 2.86. The Kier molecular flexibility index (Phi) is 5.06. The number of hydrogen-bond acceptors (Lipinski definition) is 5. The Bertz CT molecular complexity index is 557. The summed E-state index contributed by atoms with van der Waals surface area (Å²) in [7, 11) is 0. The van der Waals surface area contributed by atoms with Gasteiger partial charge in [-0.05, 0) is 43.1 Å². The monoisotopic (exact) mass is 279 g/mol. The number of hydrogen-bond donors (Lipinski definition) is 1. The zero-order chi connectivity index (χ0) is 14.4. The minimum absolute atomic E-state index is 0.191. The van der Waals surface area contributed by atoms with Crippen LogP contribution in [0.4, 0.5) is 4.39 Å². The molecule has 0 radical (unpaired) electrons. The highest BCUT2D eigenvalue weighted by atomic mass is 19.1. The van der Waals surface area contributed by atoms with Gasteiger partial charge in [0.1, 0.15) is 11.6 Å². The summed E-state index contributed by atoms with van der Waals surface area (Å²) in [4.78, 5) is 4.21. The maximum Gasteiger partial charge on any atom is 0.226 e. The molecule has 0 aliphatic rings. The van der Waals surface area contributed by atoms with Gasteiger partial charge in [-0.3, -0.25) is 0 Å². The number of aromatic nitrogens is 2. The van der Waals surface area contributed by atoms with Crippen molar-refractivity contribution in [2.75, 3.05) is 6.54 Å². The summed E-state index contributed by atoms with van der Waals surface area (Å²) in [5, 5.41) is 3.83. The van der Waals surface area contributed by atoms with Crippen molar-refractivity contribution in [3.8, 4) is 5.75 Å². The van der Waals surface area contributed by atoms with Gasteiger partial charge >= 0.3 is 0 Å². The van der Waals surface area contributed by atoms with Gasteiger partial charge in [0.25, 0.3) is 0 Å². The minimum atomic E-state index is -0.300. The molecule has 0 saturated carbocycles. The first kappa shape index (κ1) is 14.5. The van der Waals surface area contributed by atoms with Crippen molar-refractivity contribution in [1.29, 1.82) is 0 Å². The fourth-order valence-electron chi connectivity index (χ4n) is 1.85. The van der Waals surface area contributed by atoms with E-state index < -0.39 is 0 Å². The van der Waals surface area contributed by atoms with Gasteiger partial charge in [0, 0.05) is 6.42 Å². The molecule has 0 atom stereocenters. The Balaban J connectivity index is 2.02. The van der Waals surface area contributed by atoms with Gasteiger partial charge in [-0.15, -0.1) is 0 Å². The zero-order valence-corrected chi connectivity index (χ0v) is 11.4. The van der Waals surface area contributed by atoms with Crippen molar-refractivity contribution in [3.63, 3.8) is 0 Å². The van der Waals surface area contributed by atoms with Gasteiger partial charge in [-0.25, -0.2) is 4.39 Å². The molecule has 1 heterocycles. The number of aryl methyl sites for hydroxylation is 1. The fraction of sp³-hybridized carbons (Fsp3) is 0.429. The Labute approximate surface area is 116 Å². The molecular weight excluding hydrogens is 261 g/mol. The van der Waals surface area contributed by atoms with E-state index in [1.807, 2.05) is 6.92 Å². The molecule has 2 rings (SSSR count). The highest BCUT2D eigenvalue weighted by Gasteiger charge is 2.09. The van der Waals surface area contributed by atoms with Gasteiger partial charge < -0.3 is 15.0 Å². The molecule has 20 heavy (non-hydrogen) atoms. The summed E-state index contributed by atoms with van der Waals surface area (Å²) >= 11 is 0. The van der Waals surface area contributed by atoms with Crippen molar-refractivity contribution in [2.45, 2.75) is 32.8 Å². The van der Waals surface area contributed by atoms with Gasteiger partial charge in [0.05, 0.1) is 0 Å². The molecule has 0 aliphatic heterocycles. The van der Waals surface area contributed by atoms with E-state index in [1.165, 1.54) is 12.1 Å². The Hall–Kier alpha value is -1.95. The number of nitrogens with two attached hydrogens (primary N) is 1. The highest BCUT2D eigenvalue weighted by Crippen LogP contribution is 2.21. The number of benzene rings is 1. The molecule has 0 bridgehead atoms. The number of ether oxygens (including phenoxy) is 1. The minimum Gasteiger partial charge on any atom is -0.485 e. The van der Waals surface area contributed by atoms with Crippen LogP contribution in [-0.2, 0) is 19.4 Å². The van der Waals surface area contributed by atoms with E-state index in [-0.39, 0.29) is 12.4 Å². The van der Waals surface area contributed by atoms with Gasteiger partial charge in [-0.2, -0.15) is 4.98 Å². The van der Waals surface area contributed by atoms with E-state index >= 15 is 0 Å². The second-order valence-corrected chi connectivity index (χ2v) is 4.43. The van der Waals surface area contributed by atoms with Crippen LogP contribution in [0.15, 0.2) is 22.7 Å². The summed E-state index contributed by atoms with van der Waals surface area (Å²) in [6.45, 7) is 2.66. The summed E-state index contributed by atoms with van der Waals surface area (Å²) in [6, 6.07) is 4.38. The van der Waals surface area contributed by atoms with E-state index in [1.54, 1.807) is 6.07 Å². The third-order valence-corrected chi connectivity index (χ3v) is 2.77. The molecule has 2 aromatic rings. The molecule has 0 unspecified atom stereocenters. The predicted octanol–water partition coefficient (Wildman–Crippen LogP) is 2.24. The summed E-state index contributed by atoms with van der Waals surface area (Å²) in [5.74, 6) is 1.38.